The Kier molecular flexibility index (Phi) is 7.32. The largest absolute Gasteiger partial charge is 0.481 e. The third-order valence-electron chi connectivity index (χ3n) is 6.43. The minimum atomic E-state index is -0.721. The summed E-state index contributed by atoms with van der Waals surface area (Å²) in [7, 11) is 0. The fourth-order valence-corrected chi connectivity index (χ4v) is 5.05. The summed E-state index contributed by atoms with van der Waals surface area (Å²) in [6.45, 7) is 0. The number of aliphatic hydroxyl groups is 1. The number of carbonyl (C=O) groups is 1. The number of carboxylic acids is 1. The molecule has 4 heteroatoms. The van der Waals surface area contributed by atoms with E-state index in [-0.39, 0.29) is 12.5 Å². The maximum atomic E-state index is 10.5. The van der Waals surface area contributed by atoms with Gasteiger partial charge in [-0.2, -0.15) is 0 Å². The van der Waals surface area contributed by atoms with Gasteiger partial charge in [0, 0.05) is 12.3 Å². The van der Waals surface area contributed by atoms with Crippen LogP contribution in [0, 0.1) is 17.8 Å². The standard InChI is InChI=1S/C22H34O4/c23-17(15-16-7-5-6-8-16)11-12-19-18(20-13-14-21(19)26-20)9-3-1-2-4-10-22(24)25/h1,3,11-12,16-21,23H,2,4-10,13-15H2,(H,24,25)/t17?,18-,19-,20+,21-/m0/s1. The normalized spacial score (nSPS) is 33.0. The van der Waals surface area contributed by atoms with Crippen LogP contribution in [0.3, 0.4) is 0 Å². The predicted molar refractivity (Wildman–Crippen MR) is 102 cm³/mol. The molecule has 4 nitrogen and oxygen atoms in total. The van der Waals surface area contributed by atoms with E-state index in [2.05, 4.69) is 18.2 Å². The molecule has 1 unspecified atom stereocenters. The van der Waals surface area contributed by atoms with E-state index in [9.17, 15) is 9.90 Å². The average molecular weight is 363 g/mol. The minimum absolute atomic E-state index is 0.242. The average Bonchev–Trinajstić information content (AvgIpc) is 3.33. The van der Waals surface area contributed by atoms with Crippen molar-refractivity contribution in [1.29, 1.82) is 0 Å². The van der Waals surface area contributed by atoms with E-state index in [0.717, 1.165) is 32.1 Å². The summed E-state index contributed by atoms with van der Waals surface area (Å²) in [5, 5.41) is 19.0. The van der Waals surface area contributed by atoms with Gasteiger partial charge in [0.1, 0.15) is 0 Å². The lowest BCUT2D eigenvalue weighted by atomic mass is 9.77. The van der Waals surface area contributed by atoms with Crippen LogP contribution >= 0.6 is 0 Å². The Morgan fingerprint density at radius 1 is 1.12 bits per heavy atom. The van der Waals surface area contributed by atoms with E-state index < -0.39 is 5.97 Å². The second-order valence-corrected chi connectivity index (χ2v) is 8.36. The summed E-state index contributed by atoms with van der Waals surface area (Å²) >= 11 is 0. The number of rotatable bonds is 10. The number of aliphatic carboxylic acids is 1. The Balaban J connectivity index is 1.46. The molecule has 2 heterocycles. The predicted octanol–water partition coefficient (Wildman–Crippen LogP) is 4.48. The van der Waals surface area contributed by atoms with Crippen molar-refractivity contribution >= 4 is 5.97 Å². The van der Waals surface area contributed by atoms with Crippen LogP contribution in [-0.4, -0.2) is 34.5 Å². The molecule has 2 N–H and O–H groups in total. The number of unbranched alkanes of at least 4 members (excludes halogenated alkanes) is 1. The van der Waals surface area contributed by atoms with Crippen LogP contribution in [0.25, 0.3) is 0 Å². The van der Waals surface area contributed by atoms with Crippen molar-refractivity contribution in [3.63, 3.8) is 0 Å². The first-order valence-electron chi connectivity index (χ1n) is 10.5. The van der Waals surface area contributed by atoms with Crippen molar-refractivity contribution in [2.45, 2.75) is 88.9 Å². The van der Waals surface area contributed by atoms with Gasteiger partial charge in [0.2, 0.25) is 0 Å². The van der Waals surface area contributed by atoms with Gasteiger partial charge in [-0.15, -0.1) is 0 Å². The number of hydrogen-bond acceptors (Lipinski definition) is 3. The zero-order chi connectivity index (χ0) is 18.4. The molecule has 5 atom stereocenters. The number of carboxylic acid groups (broad SMARTS) is 1. The fraction of sp³-hybridized carbons (Fsp3) is 0.773. The third-order valence-corrected chi connectivity index (χ3v) is 6.43. The van der Waals surface area contributed by atoms with Crippen molar-refractivity contribution in [3.05, 3.63) is 24.3 Å². The van der Waals surface area contributed by atoms with E-state index in [4.69, 9.17) is 9.84 Å². The second kappa shape index (κ2) is 9.70. The van der Waals surface area contributed by atoms with Crippen LogP contribution in [0.2, 0.25) is 0 Å². The first-order chi connectivity index (χ1) is 12.6. The molecule has 3 rings (SSSR count). The second-order valence-electron chi connectivity index (χ2n) is 8.36. The summed E-state index contributed by atoms with van der Waals surface area (Å²) in [4.78, 5) is 10.5. The molecule has 0 spiro atoms. The third kappa shape index (κ3) is 5.43. The number of ether oxygens (including phenoxy) is 1. The molecule has 0 aromatic carbocycles. The van der Waals surface area contributed by atoms with Crippen molar-refractivity contribution in [3.8, 4) is 0 Å². The zero-order valence-electron chi connectivity index (χ0n) is 15.8. The molecule has 0 aromatic heterocycles. The number of aliphatic hydroxyl groups excluding tert-OH is 1. The summed E-state index contributed by atoms with van der Waals surface area (Å²) in [6, 6.07) is 0. The van der Waals surface area contributed by atoms with Gasteiger partial charge in [-0.05, 0) is 50.4 Å². The molecule has 0 amide bonds. The van der Waals surface area contributed by atoms with Gasteiger partial charge in [0.05, 0.1) is 18.3 Å². The number of fused-ring (bicyclic) bond motifs is 2. The Bertz CT molecular complexity index is 506. The van der Waals surface area contributed by atoms with E-state index in [1.807, 2.05) is 6.08 Å². The maximum absolute atomic E-state index is 10.5. The summed E-state index contributed by atoms with van der Waals surface area (Å²) < 4.78 is 6.13. The summed E-state index contributed by atoms with van der Waals surface area (Å²) in [5.41, 5.74) is 0. The lowest BCUT2D eigenvalue weighted by Crippen LogP contribution is -2.25. The van der Waals surface area contributed by atoms with Gasteiger partial charge in [-0.25, -0.2) is 0 Å². The van der Waals surface area contributed by atoms with E-state index in [0.29, 0.717) is 36.4 Å². The van der Waals surface area contributed by atoms with Crippen LogP contribution in [0.1, 0.15) is 70.6 Å². The molecule has 0 aromatic rings. The van der Waals surface area contributed by atoms with Gasteiger partial charge in [0.25, 0.3) is 0 Å². The minimum Gasteiger partial charge on any atom is -0.481 e. The Hall–Kier alpha value is -1.13. The molecule has 146 valence electrons. The molecule has 3 aliphatic rings. The van der Waals surface area contributed by atoms with Gasteiger partial charge in [-0.3, -0.25) is 4.79 Å². The quantitative estimate of drug-likeness (QED) is 0.444. The molecule has 1 saturated carbocycles. The molecule has 2 saturated heterocycles. The Labute approximate surface area is 157 Å². The highest BCUT2D eigenvalue weighted by Crippen LogP contribution is 2.46. The van der Waals surface area contributed by atoms with Gasteiger partial charge >= 0.3 is 5.97 Å². The smallest absolute Gasteiger partial charge is 0.303 e. The van der Waals surface area contributed by atoms with Crippen LogP contribution in [0.5, 0.6) is 0 Å². The van der Waals surface area contributed by atoms with Crippen molar-refractivity contribution in [2.75, 3.05) is 0 Å². The Morgan fingerprint density at radius 2 is 1.88 bits per heavy atom. The first kappa shape index (κ1) is 19.6. The molecule has 2 bridgehead atoms. The molecule has 1 aliphatic carbocycles. The number of allylic oxidation sites excluding steroid dienone is 2. The van der Waals surface area contributed by atoms with E-state index in [1.54, 1.807) is 0 Å². The lowest BCUT2D eigenvalue weighted by molar-refractivity contribution is -0.137. The summed E-state index contributed by atoms with van der Waals surface area (Å²) in [5.74, 6) is 0.895. The Morgan fingerprint density at radius 3 is 2.65 bits per heavy atom. The maximum Gasteiger partial charge on any atom is 0.303 e. The highest BCUT2D eigenvalue weighted by atomic mass is 16.5. The van der Waals surface area contributed by atoms with Gasteiger partial charge < -0.3 is 14.9 Å². The van der Waals surface area contributed by atoms with Gasteiger partial charge in [-0.1, -0.05) is 50.0 Å². The lowest BCUT2D eigenvalue weighted by Gasteiger charge is -2.25. The van der Waals surface area contributed by atoms with Crippen LogP contribution < -0.4 is 0 Å². The molecule has 0 radical (unpaired) electrons. The fourth-order valence-electron chi connectivity index (χ4n) is 5.05. The highest BCUT2D eigenvalue weighted by Gasteiger charge is 2.46. The van der Waals surface area contributed by atoms with E-state index >= 15 is 0 Å². The van der Waals surface area contributed by atoms with Crippen molar-refractivity contribution in [1.82, 2.24) is 0 Å². The van der Waals surface area contributed by atoms with E-state index in [1.165, 1.54) is 25.7 Å². The molecule has 2 aliphatic heterocycles. The molecular formula is C22H34O4. The zero-order valence-corrected chi connectivity index (χ0v) is 15.8. The molecule has 3 fully saturated rings. The van der Waals surface area contributed by atoms with Crippen LogP contribution in [-0.2, 0) is 9.53 Å². The van der Waals surface area contributed by atoms with Gasteiger partial charge in [0.15, 0.2) is 0 Å². The highest BCUT2D eigenvalue weighted by molar-refractivity contribution is 5.66. The SMILES string of the molecule is O=C(O)CCCC=CC[C@H]1[C@H](C=CC(O)CC2CCCC2)[C@@H]2CC[C@H]1O2. The molecular weight excluding hydrogens is 328 g/mol. The number of hydrogen-bond donors (Lipinski definition) is 2. The van der Waals surface area contributed by atoms with Crippen LogP contribution in [0.15, 0.2) is 24.3 Å². The topological polar surface area (TPSA) is 66.8 Å². The summed E-state index contributed by atoms with van der Waals surface area (Å²) in [6.07, 6.45) is 20.1. The molecule has 26 heavy (non-hydrogen) atoms. The monoisotopic (exact) mass is 362 g/mol. The van der Waals surface area contributed by atoms with Crippen LogP contribution in [0.4, 0.5) is 0 Å². The first-order valence-corrected chi connectivity index (χ1v) is 10.5. The van der Waals surface area contributed by atoms with Crippen molar-refractivity contribution in [2.24, 2.45) is 17.8 Å². The van der Waals surface area contributed by atoms with Crippen molar-refractivity contribution < 1.29 is 19.7 Å².